The molecule has 2 aromatic heterocycles. The van der Waals surface area contributed by atoms with Crippen molar-refractivity contribution < 1.29 is 4.79 Å². The molecular formula is C22H27N5O. The second-order valence-corrected chi connectivity index (χ2v) is 7.69. The number of nitrogens with zero attached hydrogens (tertiary/aromatic N) is 4. The van der Waals surface area contributed by atoms with Gasteiger partial charge in [-0.1, -0.05) is 24.3 Å². The quantitative estimate of drug-likeness (QED) is 0.740. The fraction of sp³-hybridized carbons (Fsp3) is 0.409. The van der Waals surface area contributed by atoms with E-state index >= 15 is 0 Å². The van der Waals surface area contributed by atoms with E-state index in [1.54, 1.807) is 4.68 Å². The van der Waals surface area contributed by atoms with Crippen LogP contribution in [0, 0.1) is 6.92 Å². The standard InChI is InChI=1S/C22H27N5O/c1-16-5-3-4-6-19(16)20-14-23-25-22(20)18-9-11-27(12-10-18)21(28)8-7-17-13-24-26(2)15-17/h3-6,13-15,18H,7-12H2,1-2H3,(H,23,25). The summed E-state index contributed by atoms with van der Waals surface area (Å²) in [5.41, 5.74) is 6.01. The van der Waals surface area contributed by atoms with E-state index in [4.69, 9.17) is 0 Å². The van der Waals surface area contributed by atoms with Crippen LogP contribution in [0.15, 0.2) is 42.9 Å². The Balaban J connectivity index is 1.36. The molecule has 1 fully saturated rings. The van der Waals surface area contributed by atoms with Gasteiger partial charge in [-0.15, -0.1) is 0 Å². The van der Waals surface area contributed by atoms with E-state index in [0.29, 0.717) is 12.3 Å². The first-order valence-electron chi connectivity index (χ1n) is 9.96. The number of rotatable bonds is 5. The molecule has 0 bridgehead atoms. The van der Waals surface area contributed by atoms with Crippen molar-refractivity contribution in [1.82, 2.24) is 24.9 Å². The Hall–Kier alpha value is -2.89. The van der Waals surface area contributed by atoms with Gasteiger partial charge in [0.25, 0.3) is 0 Å². The number of nitrogens with one attached hydrogen (secondary N) is 1. The van der Waals surface area contributed by atoms with Gasteiger partial charge in [0.05, 0.1) is 12.4 Å². The predicted octanol–water partition coefficient (Wildman–Crippen LogP) is 3.46. The van der Waals surface area contributed by atoms with Crippen LogP contribution in [0.2, 0.25) is 0 Å². The number of H-pyrrole nitrogens is 1. The predicted molar refractivity (Wildman–Crippen MR) is 109 cm³/mol. The highest BCUT2D eigenvalue weighted by Gasteiger charge is 2.26. The number of amides is 1. The van der Waals surface area contributed by atoms with Gasteiger partial charge < -0.3 is 4.90 Å². The van der Waals surface area contributed by atoms with Crippen LogP contribution in [0.25, 0.3) is 11.1 Å². The summed E-state index contributed by atoms with van der Waals surface area (Å²) in [5.74, 6) is 0.658. The van der Waals surface area contributed by atoms with Crippen LogP contribution < -0.4 is 0 Å². The zero-order valence-electron chi connectivity index (χ0n) is 16.6. The number of carbonyl (C=O) groups is 1. The molecular weight excluding hydrogens is 350 g/mol. The summed E-state index contributed by atoms with van der Waals surface area (Å²) in [5, 5.41) is 11.7. The maximum atomic E-state index is 12.6. The van der Waals surface area contributed by atoms with E-state index in [2.05, 4.69) is 46.5 Å². The highest BCUT2D eigenvalue weighted by Crippen LogP contribution is 2.35. The number of aromatic nitrogens is 4. The number of piperidine rings is 1. The molecule has 0 saturated carbocycles. The van der Waals surface area contributed by atoms with Crippen molar-refractivity contribution in [2.45, 2.75) is 38.5 Å². The van der Waals surface area contributed by atoms with Crippen LogP contribution in [0.3, 0.4) is 0 Å². The smallest absolute Gasteiger partial charge is 0.222 e. The molecule has 1 N–H and O–H groups in total. The number of aryl methyl sites for hydroxylation is 3. The van der Waals surface area contributed by atoms with Crippen molar-refractivity contribution in [3.63, 3.8) is 0 Å². The lowest BCUT2D eigenvalue weighted by Gasteiger charge is -2.32. The fourth-order valence-electron chi connectivity index (χ4n) is 4.12. The molecule has 1 aliphatic heterocycles. The third-order valence-electron chi connectivity index (χ3n) is 5.75. The van der Waals surface area contributed by atoms with Crippen molar-refractivity contribution in [3.05, 3.63) is 59.7 Å². The molecule has 3 aromatic rings. The molecule has 0 spiro atoms. The lowest BCUT2D eigenvalue weighted by atomic mass is 9.88. The number of carbonyl (C=O) groups excluding carboxylic acids is 1. The summed E-state index contributed by atoms with van der Waals surface area (Å²) in [6, 6.07) is 8.42. The summed E-state index contributed by atoms with van der Waals surface area (Å²) in [6.07, 6.45) is 9.00. The molecule has 0 aliphatic carbocycles. The summed E-state index contributed by atoms with van der Waals surface area (Å²) >= 11 is 0. The van der Waals surface area contributed by atoms with Gasteiger partial charge in [-0.2, -0.15) is 10.2 Å². The zero-order valence-corrected chi connectivity index (χ0v) is 16.6. The maximum Gasteiger partial charge on any atom is 0.222 e. The molecule has 1 amide bonds. The van der Waals surface area contributed by atoms with E-state index in [0.717, 1.165) is 37.9 Å². The number of hydrogen-bond donors (Lipinski definition) is 1. The largest absolute Gasteiger partial charge is 0.343 e. The Kier molecular flexibility index (Phi) is 5.28. The van der Waals surface area contributed by atoms with E-state index in [1.807, 2.05) is 30.5 Å². The van der Waals surface area contributed by atoms with Crippen LogP contribution in [0.1, 0.15) is 42.0 Å². The van der Waals surface area contributed by atoms with Gasteiger partial charge in [-0.3, -0.25) is 14.6 Å². The summed E-state index contributed by atoms with van der Waals surface area (Å²) in [6.45, 7) is 3.75. The molecule has 1 saturated heterocycles. The van der Waals surface area contributed by atoms with Crippen molar-refractivity contribution in [2.75, 3.05) is 13.1 Å². The van der Waals surface area contributed by atoms with Crippen LogP contribution in [-0.4, -0.2) is 43.9 Å². The lowest BCUT2D eigenvalue weighted by molar-refractivity contribution is -0.132. The van der Waals surface area contributed by atoms with Gasteiger partial charge in [-0.25, -0.2) is 0 Å². The van der Waals surface area contributed by atoms with E-state index in [1.165, 1.54) is 22.4 Å². The maximum absolute atomic E-state index is 12.6. The molecule has 0 radical (unpaired) electrons. The first-order valence-corrected chi connectivity index (χ1v) is 9.96. The van der Waals surface area contributed by atoms with Gasteiger partial charge in [0.2, 0.25) is 5.91 Å². The molecule has 146 valence electrons. The van der Waals surface area contributed by atoms with Gasteiger partial charge in [0.1, 0.15) is 0 Å². The highest BCUT2D eigenvalue weighted by atomic mass is 16.2. The minimum Gasteiger partial charge on any atom is -0.343 e. The first-order chi connectivity index (χ1) is 13.6. The van der Waals surface area contributed by atoms with Crippen molar-refractivity contribution >= 4 is 5.91 Å². The van der Waals surface area contributed by atoms with E-state index in [-0.39, 0.29) is 5.91 Å². The highest BCUT2D eigenvalue weighted by molar-refractivity contribution is 5.76. The normalized spacial score (nSPS) is 15.1. The summed E-state index contributed by atoms with van der Waals surface area (Å²) < 4.78 is 1.78. The lowest BCUT2D eigenvalue weighted by Crippen LogP contribution is -2.38. The Morgan fingerprint density at radius 3 is 2.68 bits per heavy atom. The number of benzene rings is 1. The molecule has 3 heterocycles. The topological polar surface area (TPSA) is 66.8 Å². The minimum absolute atomic E-state index is 0.242. The third kappa shape index (κ3) is 3.86. The number of hydrogen-bond acceptors (Lipinski definition) is 3. The summed E-state index contributed by atoms with van der Waals surface area (Å²) in [4.78, 5) is 14.6. The number of aromatic amines is 1. The Morgan fingerprint density at radius 2 is 1.96 bits per heavy atom. The SMILES string of the molecule is Cc1ccccc1-c1cn[nH]c1C1CCN(C(=O)CCc2cnn(C)c2)CC1. The molecule has 4 rings (SSSR count). The zero-order chi connectivity index (χ0) is 19.5. The van der Waals surface area contributed by atoms with Crippen LogP contribution in [-0.2, 0) is 18.3 Å². The Morgan fingerprint density at radius 1 is 1.18 bits per heavy atom. The van der Waals surface area contributed by atoms with Crippen molar-refractivity contribution in [1.29, 1.82) is 0 Å². The molecule has 28 heavy (non-hydrogen) atoms. The summed E-state index contributed by atoms with van der Waals surface area (Å²) in [7, 11) is 1.90. The van der Waals surface area contributed by atoms with Gasteiger partial charge in [0.15, 0.2) is 0 Å². The van der Waals surface area contributed by atoms with Crippen LogP contribution >= 0.6 is 0 Å². The molecule has 1 aliphatic rings. The van der Waals surface area contributed by atoms with Gasteiger partial charge >= 0.3 is 0 Å². The van der Waals surface area contributed by atoms with Gasteiger partial charge in [-0.05, 0) is 42.9 Å². The molecule has 6 heteroatoms. The molecule has 1 aromatic carbocycles. The average Bonchev–Trinajstić information content (AvgIpc) is 3.36. The van der Waals surface area contributed by atoms with Gasteiger partial charge in [0, 0.05) is 49.9 Å². The third-order valence-corrected chi connectivity index (χ3v) is 5.75. The van der Waals surface area contributed by atoms with E-state index < -0.39 is 0 Å². The fourth-order valence-corrected chi connectivity index (χ4v) is 4.12. The van der Waals surface area contributed by atoms with Crippen LogP contribution in [0.4, 0.5) is 0 Å². The molecule has 0 unspecified atom stereocenters. The monoisotopic (exact) mass is 377 g/mol. The number of likely N-dealkylation sites (tertiary alicyclic amines) is 1. The van der Waals surface area contributed by atoms with Crippen LogP contribution in [0.5, 0.6) is 0 Å². The minimum atomic E-state index is 0.242. The van der Waals surface area contributed by atoms with Crippen molar-refractivity contribution in [3.8, 4) is 11.1 Å². The Labute approximate surface area is 165 Å². The Bertz CT molecular complexity index is 949. The first kappa shape index (κ1) is 18.5. The average molecular weight is 377 g/mol. The van der Waals surface area contributed by atoms with Crippen molar-refractivity contribution in [2.24, 2.45) is 7.05 Å². The van der Waals surface area contributed by atoms with E-state index in [9.17, 15) is 4.79 Å². The molecule has 6 nitrogen and oxygen atoms in total. The second kappa shape index (κ2) is 8.00. The molecule has 0 atom stereocenters. The second-order valence-electron chi connectivity index (χ2n) is 7.69.